The molecule has 0 spiro atoms. The number of aliphatic hydroxyl groups is 1. The maximum atomic E-state index is 9.18. The van der Waals surface area contributed by atoms with Crippen LogP contribution in [0, 0.1) is 5.92 Å². The van der Waals surface area contributed by atoms with Gasteiger partial charge in [0.05, 0.1) is 6.61 Å². The van der Waals surface area contributed by atoms with Crippen molar-refractivity contribution in [2.75, 3.05) is 19.8 Å². The Balaban J connectivity index is -0.000000817. The molecule has 0 fully saturated rings. The molecule has 0 rings (SSSR count). The normalized spacial score (nSPS) is 12.2. The van der Waals surface area contributed by atoms with Gasteiger partial charge >= 0.3 is 24.4 Å². The topological polar surface area (TPSA) is 81.5 Å². The molecule has 0 amide bonds. The number of unbranched alkanes of at least 4 members (excludes halogenated alkanes) is 15. The zero-order chi connectivity index (χ0) is 21.3. The van der Waals surface area contributed by atoms with E-state index in [0.717, 1.165) is 13.0 Å². The van der Waals surface area contributed by atoms with Crippen molar-refractivity contribution in [2.24, 2.45) is 15.9 Å². The van der Waals surface area contributed by atoms with E-state index in [0.29, 0.717) is 6.61 Å². The molecule has 0 radical (unpaired) electrons. The molecule has 4 nitrogen and oxygen atoms in total. The van der Waals surface area contributed by atoms with Gasteiger partial charge in [-0.1, -0.05) is 103 Å². The van der Waals surface area contributed by atoms with Crippen LogP contribution in [0.25, 0.3) is 0 Å². The molecule has 2 atom stereocenters. The molecule has 0 aliphatic rings. The molecule has 0 aliphatic carbocycles. The van der Waals surface area contributed by atoms with Gasteiger partial charge in [0.25, 0.3) is 0 Å². The summed E-state index contributed by atoms with van der Waals surface area (Å²) in [5.74, 6) is 0.0797. The zero-order valence-electron chi connectivity index (χ0n) is 19.7. The van der Waals surface area contributed by atoms with Gasteiger partial charge in [-0.3, -0.25) is 0 Å². The molecule has 0 saturated carbocycles. The third kappa shape index (κ3) is 31.3. The summed E-state index contributed by atoms with van der Waals surface area (Å²) in [6, 6.07) is 0.00537. The van der Waals surface area contributed by atoms with Gasteiger partial charge in [-0.2, -0.15) is 0 Å². The number of hydrogen-bond donors (Lipinski definition) is 3. The third-order valence-electron chi connectivity index (χ3n) is 5.45. The van der Waals surface area contributed by atoms with Gasteiger partial charge in [-0.05, 0) is 13.3 Å². The standard InChI is InChI=1S/C23H49NO2.2ClH.H2N.Pt/c1-3-4-5-6-7-8-9-10-11-12-13-14-15-16-17-18-19-26-21-23(20-25)22(2)24;;;;/h22-23,25H,3-21,24H2,1-2H3;2*1H;1H2;/q;;;-1;+1. The first-order valence-electron chi connectivity index (χ1n) is 11.8. The molecule has 30 heavy (non-hydrogen) atoms. The zero-order valence-corrected chi connectivity index (χ0v) is 23.6. The van der Waals surface area contributed by atoms with Crippen LogP contribution in [0.3, 0.4) is 0 Å². The molecule has 0 aromatic heterocycles. The fourth-order valence-corrected chi connectivity index (χ4v) is 3.36. The second-order valence-corrected chi connectivity index (χ2v) is 8.18. The van der Waals surface area contributed by atoms with Crippen molar-refractivity contribution in [2.45, 2.75) is 123 Å². The van der Waals surface area contributed by atoms with Crippen molar-refractivity contribution >= 4 is 24.8 Å². The van der Waals surface area contributed by atoms with E-state index in [1.54, 1.807) is 20.1 Å². The monoisotopic (exact) mass is 654 g/mol. The Morgan fingerprint density at radius 2 is 1.03 bits per heavy atom. The first-order valence-corrected chi connectivity index (χ1v) is 13.2. The first kappa shape index (κ1) is 38.4. The average Bonchev–Trinajstić information content (AvgIpc) is 2.71. The van der Waals surface area contributed by atoms with Gasteiger partial charge in [-0.25, -0.2) is 0 Å². The molecule has 5 N–H and O–H groups in total. The van der Waals surface area contributed by atoms with Gasteiger partial charge in [0.15, 0.2) is 0 Å². The summed E-state index contributed by atoms with van der Waals surface area (Å²) in [5.41, 5.74) is 5.78. The van der Waals surface area contributed by atoms with Crippen LogP contribution in [0.15, 0.2) is 0 Å². The Hall–Kier alpha value is 1.11. The molecule has 7 heteroatoms. The molecule has 0 heterocycles. The summed E-state index contributed by atoms with van der Waals surface area (Å²) in [4.78, 5) is 0. The fraction of sp³-hybridized carbons (Fsp3) is 1.00. The van der Waals surface area contributed by atoms with E-state index in [-0.39, 0.29) is 43.4 Å². The van der Waals surface area contributed by atoms with Crippen LogP contribution in [-0.4, -0.2) is 31.0 Å². The van der Waals surface area contributed by atoms with E-state index < -0.39 is 0 Å². The average molecular weight is 656 g/mol. The first-order chi connectivity index (χ1) is 13.7. The number of halogens is 2. The molecular formula is C23H53Cl2N2O2Pt. The van der Waals surface area contributed by atoms with Gasteiger partial charge in [0.1, 0.15) is 0 Å². The van der Waals surface area contributed by atoms with E-state index in [1.807, 2.05) is 6.92 Å². The third-order valence-corrected chi connectivity index (χ3v) is 5.45. The molecule has 0 bridgehead atoms. The van der Waals surface area contributed by atoms with Crippen molar-refractivity contribution in [1.82, 2.24) is 0 Å². The van der Waals surface area contributed by atoms with Crippen molar-refractivity contribution in [3.63, 3.8) is 0 Å². The Labute approximate surface area is 212 Å². The summed E-state index contributed by atoms with van der Waals surface area (Å²) >= 11 is 1.64. The summed E-state index contributed by atoms with van der Waals surface area (Å²) in [6.07, 6.45) is 22.3. The van der Waals surface area contributed by atoms with Gasteiger partial charge in [-0.15, -0.1) is 24.8 Å². The SMILES string of the molecule is CCCCCCCCCCCCCCCCCCOCC(CO)C(C)N.Cl.Cl.[NH2][Pt]. The van der Waals surface area contributed by atoms with Crippen LogP contribution < -0.4 is 10.0 Å². The van der Waals surface area contributed by atoms with Crippen molar-refractivity contribution < 1.29 is 29.9 Å². The Morgan fingerprint density at radius 3 is 1.33 bits per heavy atom. The number of rotatable bonds is 21. The van der Waals surface area contributed by atoms with Crippen LogP contribution >= 0.6 is 24.8 Å². The fourth-order valence-electron chi connectivity index (χ4n) is 3.36. The molecule has 0 aromatic rings. The van der Waals surface area contributed by atoms with Gasteiger partial charge < -0.3 is 15.6 Å². The minimum absolute atomic E-state index is 0. The van der Waals surface area contributed by atoms with Crippen molar-refractivity contribution in [1.29, 1.82) is 0 Å². The molecule has 0 aromatic carbocycles. The quantitative estimate of drug-likeness (QED) is 0.124. The van der Waals surface area contributed by atoms with E-state index >= 15 is 0 Å². The second-order valence-electron chi connectivity index (χ2n) is 8.18. The Kier molecular flexibility index (Phi) is 44.4. The minimum atomic E-state index is 0. The van der Waals surface area contributed by atoms with Crippen LogP contribution in [0.2, 0.25) is 0 Å². The number of hydrogen-bond acceptors (Lipinski definition) is 4. The van der Waals surface area contributed by atoms with Crippen LogP contribution in [-0.2, 0) is 24.8 Å². The molecule has 191 valence electrons. The van der Waals surface area contributed by atoms with Gasteiger partial charge in [0, 0.05) is 25.2 Å². The Morgan fingerprint density at radius 1 is 0.700 bits per heavy atom. The van der Waals surface area contributed by atoms with E-state index in [1.165, 1.54) is 96.3 Å². The van der Waals surface area contributed by atoms with Crippen LogP contribution in [0.5, 0.6) is 0 Å². The van der Waals surface area contributed by atoms with Gasteiger partial charge in [0.2, 0.25) is 0 Å². The van der Waals surface area contributed by atoms with Crippen LogP contribution in [0.4, 0.5) is 0 Å². The molecule has 2 unspecified atom stereocenters. The molecule has 0 saturated heterocycles. The summed E-state index contributed by atoms with van der Waals surface area (Å²) in [6.45, 7) is 5.73. The van der Waals surface area contributed by atoms with Crippen molar-refractivity contribution in [3.8, 4) is 0 Å². The Bertz CT molecular complexity index is 280. The maximum absolute atomic E-state index is 9.18. The number of nitrogens with two attached hydrogens (primary N) is 2. The number of ether oxygens (including phenoxy) is 1. The van der Waals surface area contributed by atoms with Crippen LogP contribution in [0.1, 0.15) is 117 Å². The van der Waals surface area contributed by atoms with Crippen molar-refractivity contribution in [3.05, 3.63) is 0 Å². The summed E-state index contributed by atoms with van der Waals surface area (Å²) in [7, 11) is 0. The van der Waals surface area contributed by atoms with E-state index in [9.17, 15) is 5.11 Å². The van der Waals surface area contributed by atoms with E-state index in [4.69, 9.17) is 10.5 Å². The second kappa shape index (κ2) is 34.7. The molecular weight excluding hydrogens is 602 g/mol. The number of aliphatic hydroxyl groups excluding tert-OH is 1. The van der Waals surface area contributed by atoms with E-state index in [2.05, 4.69) is 11.2 Å². The summed E-state index contributed by atoms with van der Waals surface area (Å²) in [5, 5.41) is 9.18. The summed E-state index contributed by atoms with van der Waals surface area (Å²) < 4.78 is 10.1. The molecule has 0 aliphatic heterocycles. The predicted molar refractivity (Wildman–Crippen MR) is 133 cm³/mol. The predicted octanol–water partition coefficient (Wildman–Crippen LogP) is 6.47.